The van der Waals surface area contributed by atoms with E-state index in [1.54, 1.807) is 0 Å². The van der Waals surface area contributed by atoms with E-state index in [-0.39, 0.29) is 17.9 Å². The van der Waals surface area contributed by atoms with Crippen molar-refractivity contribution in [3.05, 3.63) is 0 Å². The summed E-state index contributed by atoms with van der Waals surface area (Å²) in [6.07, 6.45) is 3.76. The number of sulfonamides is 1. The van der Waals surface area contributed by atoms with Crippen molar-refractivity contribution in [2.75, 3.05) is 24.6 Å². The normalized spacial score (nSPS) is 23.0. The first kappa shape index (κ1) is 16.9. The van der Waals surface area contributed by atoms with Gasteiger partial charge in [-0.25, -0.2) is 21.1 Å². The van der Waals surface area contributed by atoms with Gasteiger partial charge < -0.3 is 0 Å². The zero-order valence-corrected chi connectivity index (χ0v) is 13.5. The van der Waals surface area contributed by atoms with Gasteiger partial charge in [-0.3, -0.25) is 0 Å². The van der Waals surface area contributed by atoms with Crippen LogP contribution in [-0.2, 0) is 19.9 Å². The summed E-state index contributed by atoms with van der Waals surface area (Å²) in [6, 6.07) is 0. The van der Waals surface area contributed by atoms with Crippen LogP contribution in [0.5, 0.6) is 0 Å². The van der Waals surface area contributed by atoms with Crippen LogP contribution in [0.3, 0.4) is 0 Å². The largest absolute Gasteiger partial charge is 0.229 e. The molecule has 1 heterocycles. The van der Waals surface area contributed by atoms with E-state index in [2.05, 4.69) is 0 Å². The van der Waals surface area contributed by atoms with Crippen LogP contribution in [0.15, 0.2) is 0 Å². The third-order valence-corrected chi connectivity index (χ3v) is 7.80. The average molecular weight is 311 g/mol. The zero-order chi connectivity index (χ0) is 14.5. The fourth-order valence-corrected chi connectivity index (χ4v) is 6.85. The SMILES string of the molecule is CCCCN(CCCC)S(=O)(=O)[C@@H]1CCS(=O)(=O)C1. The highest BCUT2D eigenvalue weighted by atomic mass is 32.2. The minimum Gasteiger partial charge on any atom is -0.229 e. The summed E-state index contributed by atoms with van der Waals surface area (Å²) in [6.45, 7) is 5.06. The Labute approximate surface area is 117 Å². The highest BCUT2D eigenvalue weighted by Crippen LogP contribution is 2.22. The molecule has 1 rings (SSSR count). The van der Waals surface area contributed by atoms with Gasteiger partial charge in [-0.05, 0) is 19.3 Å². The van der Waals surface area contributed by atoms with Crippen molar-refractivity contribution in [3.63, 3.8) is 0 Å². The summed E-state index contributed by atoms with van der Waals surface area (Å²) in [7, 11) is -6.62. The van der Waals surface area contributed by atoms with Crippen LogP contribution in [0.4, 0.5) is 0 Å². The second kappa shape index (κ2) is 7.04. The highest BCUT2D eigenvalue weighted by Gasteiger charge is 2.39. The maximum Gasteiger partial charge on any atom is 0.218 e. The summed E-state index contributed by atoms with van der Waals surface area (Å²) in [5.74, 6) is -0.198. The molecule has 0 aromatic carbocycles. The van der Waals surface area contributed by atoms with Crippen LogP contribution >= 0.6 is 0 Å². The van der Waals surface area contributed by atoms with E-state index < -0.39 is 25.1 Å². The molecule has 1 aliphatic rings. The van der Waals surface area contributed by atoms with Gasteiger partial charge in [0, 0.05) is 13.1 Å². The van der Waals surface area contributed by atoms with Crippen LogP contribution in [0.1, 0.15) is 46.0 Å². The molecule has 0 unspecified atom stereocenters. The maximum atomic E-state index is 12.5. The smallest absolute Gasteiger partial charge is 0.218 e. The van der Waals surface area contributed by atoms with E-state index in [9.17, 15) is 16.8 Å². The molecule has 0 aromatic rings. The van der Waals surface area contributed by atoms with Crippen LogP contribution < -0.4 is 0 Å². The van der Waals surface area contributed by atoms with Gasteiger partial charge in [0.05, 0.1) is 16.8 Å². The number of hydrogen-bond acceptors (Lipinski definition) is 4. The molecule has 114 valence electrons. The minimum absolute atomic E-state index is 0.00624. The lowest BCUT2D eigenvalue weighted by atomic mass is 10.3. The number of hydrogen-bond donors (Lipinski definition) is 0. The summed E-state index contributed by atoms with van der Waals surface area (Å²) in [4.78, 5) is 0. The van der Waals surface area contributed by atoms with Crippen LogP contribution in [0, 0.1) is 0 Å². The maximum absolute atomic E-state index is 12.5. The Morgan fingerprint density at radius 1 is 1.11 bits per heavy atom. The molecule has 0 N–H and O–H groups in total. The first-order valence-corrected chi connectivity index (χ1v) is 10.4. The second-order valence-electron chi connectivity index (χ2n) is 5.18. The number of rotatable bonds is 8. The molecule has 19 heavy (non-hydrogen) atoms. The van der Waals surface area contributed by atoms with Gasteiger partial charge in [0.2, 0.25) is 10.0 Å². The van der Waals surface area contributed by atoms with Gasteiger partial charge >= 0.3 is 0 Å². The monoisotopic (exact) mass is 311 g/mol. The molecule has 1 saturated heterocycles. The Morgan fingerprint density at radius 2 is 1.63 bits per heavy atom. The Balaban J connectivity index is 2.80. The molecule has 1 aliphatic heterocycles. The van der Waals surface area contributed by atoms with Gasteiger partial charge in [0.15, 0.2) is 9.84 Å². The Hall–Kier alpha value is -0.140. The van der Waals surface area contributed by atoms with Gasteiger partial charge in [-0.15, -0.1) is 0 Å². The molecule has 0 bridgehead atoms. The number of unbranched alkanes of at least 4 members (excludes halogenated alkanes) is 2. The minimum atomic E-state index is -3.46. The average Bonchev–Trinajstić information content (AvgIpc) is 2.70. The fourth-order valence-electron chi connectivity index (χ4n) is 2.24. The van der Waals surface area contributed by atoms with Crippen LogP contribution in [-0.4, -0.2) is 51.0 Å². The van der Waals surface area contributed by atoms with Gasteiger partial charge in [-0.1, -0.05) is 26.7 Å². The highest BCUT2D eigenvalue weighted by molar-refractivity contribution is 7.95. The van der Waals surface area contributed by atoms with Crippen LogP contribution in [0.25, 0.3) is 0 Å². The van der Waals surface area contributed by atoms with E-state index >= 15 is 0 Å². The summed E-state index contributed by atoms with van der Waals surface area (Å²) < 4.78 is 49.4. The third-order valence-electron chi connectivity index (χ3n) is 3.49. The predicted octanol–water partition coefficient (Wildman–Crippen LogP) is 1.41. The van der Waals surface area contributed by atoms with E-state index in [1.807, 2.05) is 13.8 Å². The van der Waals surface area contributed by atoms with Crippen molar-refractivity contribution in [1.82, 2.24) is 4.31 Å². The number of nitrogens with zero attached hydrogens (tertiary/aromatic N) is 1. The van der Waals surface area contributed by atoms with E-state index in [1.165, 1.54) is 4.31 Å². The molecule has 0 spiro atoms. The fraction of sp³-hybridized carbons (Fsp3) is 1.00. The van der Waals surface area contributed by atoms with E-state index in [4.69, 9.17) is 0 Å². The summed E-state index contributed by atoms with van der Waals surface area (Å²) in [5, 5.41) is -0.730. The standard InChI is InChI=1S/C12H25NO4S2/c1-3-5-8-13(9-6-4-2)19(16,17)12-7-10-18(14,15)11-12/h12H,3-11H2,1-2H3/t12-/m1/s1. The Bertz CT molecular complexity index is 462. The first-order chi connectivity index (χ1) is 8.83. The quantitative estimate of drug-likeness (QED) is 0.679. The lowest BCUT2D eigenvalue weighted by Crippen LogP contribution is -2.40. The molecule has 0 amide bonds. The van der Waals surface area contributed by atoms with Crippen molar-refractivity contribution < 1.29 is 16.8 Å². The molecule has 0 saturated carbocycles. The van der Waals surface area contributed by atoms with Crippen molar-refractivity contribution >= 4 is 19.9 Å². The van der Waals surface area contributed by atoms with E-state index in [0.29, 0.717) is 13.1 Å². The molecule has 7 heteroatoms. The molecule has 1 fully saturated rings. The summed E-state index contributed by atoms with van der Waals surface area (Å²) in [5.41, 5.74) is 0. The molecular weight excluding hydrogens is 286 g/mol. The first-order valence-electron chi connectivity index (χ1n) is 7.03. The molecular formula is C12H25NO4S2. The lowest BCUT2D eigenvalue weighted by molar-refractivity contribution is 0.390. The van der Waals surface area contributed by atoms with E-state index in [0.717, 1.165) is 25.7 Å². The van der Waals surface area contributed by atoms with Gasteiger partial charge in [0.1, 0.15) is 0 Å². The molecule has 0 aliphatic carbocycles. The Kier molecular flexibility index (Phi) is 6.26. The molecule has 0 radical (unpaired) electrons. The van der Waals surface area contributed by atoms with Gasteiger partial charge in [-0.2, -0.15) is 0 Å². The third kappa shape index (κ3) is 4.72. The van der Waals surface area contributed by atoms with Crippen LogP contribution in [0.2, 0.25) is 0 Å². The Morgan fingerprint density at radius 3 is 2.00 bits per heavy atom. The van der Waals surface area contributed by atoms with Crippen molar-refractivity contribution in [1.29, 1.82) is 0 Å². The zero-order valence-electron chi connectivity index (χ0n) is 11.8. The van der Waals surface area contributed by atoms with Gasteiger partial charge in [0.25, 0.3) is 0 Å². The van der Waals surface area contributed by atoms with Crippen molar-refractivity contribution in [2.45, 2.75) is 51.2 Å². The lowest BCUT2D eigenvalue weighted by Gasteiger charge is -2.24. The predicted molar refractivity (Wildman–Crippen MR) is 77.4 cm³/mol. The van der Waals surface area contributed by atoms with Crippen molar-refractivity contribution in [3.8, 4) is 0 Å². The topological polar surface area (TPSA) is 71.5 Å². The molecule has 1 atom stereocenters. The van der Waals surface area contributed by atoms with Crippen molar-refractivity contribution in [2.24, 2.45) is 0 Å². The molecule has 0 aromatic heterocycles. The second-order valence-corrected chi connectivity index (χ2v) is 9.62. The molecule has 5 nitrogen and oxygen atoms in total. The number of sulfone groups is 1. The summed E-state index contributed by atoms with van der Waals surface area (Å²) >= 11 is 0.